The summed E-state index contributed by atoms with van der Waals surface area (Å²) in [7, 11) is 0. The molecule has 2 N–H and O–H groups in total. The summed E-state index contributed by atoms with van der Waals surface area (Å²) < 4.78 is 6.05. The number of hydrogen-bond donors (Lipinski definition) is 2. The number of aliphatic carboxylic acids is 1. The Kier molecular flexibility index (Phi) is 3.40. The number of rotatable bonds is 4. The van der Waals surface area contributed by atoms with Gasteiger partial charge in [-0.2, -0.15) is 0 Å². The molecule has 5 heteroatoms. The van der Waals surface area contributed by atoms with Crippen molar-refractivity contribution in [2.75, 3.05) is 25.1 Å². The van der Waals surface area contributed by atoms with Crippen LogP contribution in [-0.4, -0.2) is 30.8 Å². The molecule has 0 saturated carbocycles. The second-order valence-corrected chi connectivity index (χ2v) is 5.25. The first-order chi connectivity index (χ1) is 8.03. The molecule has 1 fully saturated rings. The van der Waals surface area contributed by atoms with Gasteiger partial charge in [-0.1, -0.05) is 15.9 Å². The first kappa shape index (κ1) is 12.4. The van der Waals surface area contributed by atoms with E-state index in [1.54, 1.807) is 0 Å². The molecule has 1 heterocycles. The highest BCUT2D eigenvalue weighted by Gasteiger charge is 2.46. The number of benzene rings is 1. The summed E-state index contributed by atoms with van der Waals surface area (Å²) in [6.45, 7) is 2.95. The smallest absolute Gasteiger partial charge is 0.316 e. The van der Waals surface area contributed by atoms with Crippen molar-refractivity contribution in [3.8, 4) is 0 Å². The van der Waals surface area contributed by atoms with E-state index in [9.17, 15) is 4.79 Å². The van der Waals surface area contributed by atoms with Crippen molar-refractivity contribution >= 4 is 27.6 Å². The summed E-state index contributed by atoms with van der Waals surface area (Å²) in [4.78, 5) is 11.1. The van der Waals surface area contributed by atoms with Crippen LogP contribution >= 0.6 is 15.9 Å². The van der Waals surface area contributed by atoms with Crippen molar-refractivity contribution in [1.82, 2.24) is 0 Å². The average molecular weight is 300 g/mol. The van der Waals surface area contributed by atoms with Crippen LogP contribution in [0.5, 0.6) is 0 Å². The fourth-order valence-corrected chi connectivity index (χ4v) is 1.92. The lowest BCUT2D eigenvalue weighted by atomic mass is 9.86. The van der Waals surface area contributed by atoms with Crippen LogP contribution in [0.15, 0.2) is 22.7 Å². The molecule has 0 radical (unpaired) electrons. The fraction of sp³-hybridized carbons (Fsp3) is 0.417. The lowest BCUT2D eigenvalue weighted by Gasteiger charge is -2.37. The predicted octanol–water partition coefficient (Wildman–Crippen LogP) is 2.27. The molecule has 0 aromatic heterocycles. The summed E-state index contributed by atoms with van der Waals surface area (Å²) in [5.74, 6) is -0.801. The molecular weight excluding hydrogens is 286 g/mol. The van der Waals surface area contributed by atoms with Crippen LogP contribution in [0.3, 0.4) is 0 Å². The Morgan fingerprint density at radius 3 is 2.76 bits per heavy atom. The maximum atomic E-state index is 11.1. The van der Waals surface area contributed by atoms with E-state index in [0.29, 0.717) is 6.54 Å². The van der Waals surface area contributed by atoms with E-state index in [4.69, 9.17) is 9.84 Å². The van der Waals surface area contributed by atoms with Gasteiger partial charge in [0.1, 0.15) is 5.41 Å². The van der Waals surface area contributed by atoms with Crippen molar-refractivity contribution in [3.63, 3.8) is 0 Å². The quantitative estimate of drug-likeness (QED) is 0.895. The molecule has 1 aromatic carbocycles. The predicted molar refractivity (Wildman–Crippen MR) is 68.3 cm³/mol. The standard InChI is InChI=1S/C12H14BrNO3/c1-8-4-9(2-3-10(8)13)14-5-12(11(15)16)6-17-7-12/h2-4,14H,5-7H2,1H3,(H,15,16). The Morgan fingerprint density at radius 2 is 2.29 bits per heavy atom. The van der Waals surface area contributed by atoms with Gasteiger partial charge in [0.2, 0.25) is 0 Å². The van der Waals surface area contributed by atoms with Crippen LogP contribution in [0, 0.1) is 12.3 Å². The van der Waals surface area contributed by atoms with Gasteiger partial charge in [0.05, 0.1) is 13.2 Å². The number of halogens is 1. The molecule has 0 bridgehead atoms. The third kappa shape index (κ3) is 2.45. The lowest BCUT2D eigenvalue weighted by molar-refractivity contribution is -0.176. The van der Waals surface area contributed by atoms with Gasteiger partial charge in [-0.25, -0.2) is 0 Å². The van der Waals surface area contributed by atoms with Crippen LogP contribution < -0.4 is 5.32 Å². The number of aryl methyl sites for hydroxylation is 1. The van der Waals surface area contributed by atoms with E-state index in [0.717, 1.165) is 15.7 Å². The minimum atomic E-state index is -0.801. The molecule has 1 aliphatic heterocycles. The Morgan fingerprint density at radius 1 is 1.59 bits per heavy atom. The zero-order valence-corrected chi connectivity index (χ0v) is 11.1. The molecule has 92 valence electrons. The highest BCUT2D eigenvalue weighted by Crippen LogP contribution is 2.29. The van der Waals surface area contributed by atoms with Crippen LogP contribution in [0.25, 0.3) is 0 Å². The number of carbonyl (C=O) groups is 1. The van der Waals surface area contributed by atoms with Gasteiger partial charge < -0.3 is 15.2 Å². The number of nitrogens with one attached hydrogen (secondary N) is 1. The molecule has 0 spiro atoms. The molecule has 2 rings (SSSR count). The van der Waals surface area contributed by atoms with Gasteiger partial charge in [-0.05, 0) is 30.7 Å². The third-order valence-electron chi connectivity index (χ3n) is 3.00. The van der Waals surface area contributed by atoms with Gasteiger partial charge >= 0.3 is 5.97 Å². The van der Waals surface area contributed by atoms with Crippen LogP contribution in [0.4, 0.5) is 5.69 Å². The summed E-state index contributed by atoms with van der Waals surface area (Å²) >= 11 is 3.43. The summed E-state index contributed by atoms with van der Waals surface area (Å²) in [5, 5.41) is 12.3. The zero-order chi connectivity index (χ0) is 12.5. The SMILES string of the molecule is Cc1cc(NCC2(C(=O)O)COC2)ccc1Br. The van der Waals surface area contributed by atoms with Crippen LogP contribution in [0.2, 0.25) is 0 Å². The van der Waals surface area contributed by atoms with E-state index < -0.39 is 11.4 Å². The van der Waals surface area contributed by atoms with Crippen LogP contribution in [0.1, 0.15) is 5.56 Å². The fourth-order valence-electron chi connectivity index (χ4n) is 1.68. The molecule has 0 aliphatic carbocycles. The highest BCUT2D eigenvalue weighted by molar-refractivity contribution is 9.10. The van der Waals surface area contributed by atoms with Crippen molar-refractivity contribution < 1.29 is 14.6 Å². The van der Waals surface area contributed by atoms with Crippen molar-refractivity contribution in [1.29, 1.82) is 0 Å². The van der Waals surface area contributed by atoms with Gasteiger partial charge in [0, 0.05) is 16.7 Å². The van der Waals surface area contributed by atoms with Crippen molar-refractivity contribution in [3.05, 3.63) is 28.2 Å². The minimum Gasteiger partial charge on any atom is -0.481 e. The lowest BCUT2D eigenvalue weighted by Crippen LogP contribution is -2.53. The van der Waals surface area contributed by atoms with Crippen molar-refractivity contribution in [2.45, 2.75) is 6.92 Å². The van der Waals surface area contributed by atoms with E-state index in [-0.39, 0.29) is 13.2 Å². The normalized spacial score (nSPS) is 17.3. The first-order valence-electron chi connectivity index (χ1n) is 5.35. The monoisotopic (exact) mass is 299 g/mol. The molecule has 17 heavy (non-hydrogen) atoms. The topological polar surface area (TPSA) is 58.6 Å². The highest BCUT2D eigenvalue weighted by atomic mass is 79.9. The second kappa shape index (κ2) is 4.66. The third-order valence-corrected chi connectivity index (χ3v) is 3.89. The summed E-state index contributed by atoms with van der Waals surface area (Å²) in [5.41, 5.74) is 1.28. The Balaban J connectivity index is 2.02. The molecule has 4 nitrogen and oxygen atoms in total. The van der Waals surface area contributed by atoms with E-state index in [2.05, 4.69) is 21.2 Å². The maximum absolute atomic E-state index is 11.1. The average Bonchev–Trinajstić information content (AvgIpc) is 2.21. The molecule has 1 aromatic rings. The molecule has 0 unspecified atom stereocenters. The number of carboxylic acid groups (broad SMARTS) is 1. The first-order valence-corrected chi connectivity index (χ1v) is 6.14. The summed E-state index contributed by atoms with van der Waals surface area (Å²) in [6, 6.07) is 5.85. The van der Waals surface area contributed by atoms with E-state index in [1.165, 1.54) is 0 Å². The number of hydrogen-bond acceptors (Lipinski definition) is 3. The Labute approximate surface area is 108 Å². The number of anilines is 1. The van der Waals surface area contributed by atoms with Gasteiger partial charge in [-0.3, -0.25) is 4.79 Å². The number of ether oxygens (including phenoxy) is 1. The second-order valence-electron chi connectivity index (χ2n) is 4.40. The zero-order valence-electron chi connectivity index (χ0n) is 9.50. The summed E-state index contributed by atoms with van der Waals surface area (Å²) in [6.07, 6.45) is 0. The minimum absolute atomic E-state index is 0.283. The molecule has 1 aliphatic rings. The molecule has 0 atom stereocenters. The van der Waals surface area contributed by atoms with Gasteiger partial charge in [0.15, 0.2) is 0 Å². The molecule has 0 amide bonds. The van der Waals surface area contributed by atoms with Gasteiger partial charge in [-0.15, -0.1) is 0 Å². The Bertz CT molecular complexity index is 443. The maximum Gasteiger partial charge on any atom is 0.316 e. The Hall–Kier alpha value is -1.07. The largest absolute Gasteiger partial charge is 0.481 e. The van der Waals surface area contributed by atoms with Crippen LogP contribution in [-0.2, 0) is 9.53 Å². The van der Waals surface area contributed by atoms with E-state index >= 15 is 0 Å². The molecule has 1 saturated heterocycles. The van der Waals surface area contributed by atoms with E-state index in [1.807, 2.05) is 25.1 Å². The van der Waals surface area contributed by atoms with Gasteiger partial charge in [0.25, 0.3) is 0 Å². The molecular formula is C12H14BrNO3. The number of carboxylic acids is 1. The van der Waals surface area contributed by atoms with Crippen molar-refractivity contribution in [2.24, 2.45) is 5.41 Å².